The molecule has 0 saturated heterocycles. The second kappa shape index (κ2) is 4.80. The summed E-state index contributed by atoms with van der Waals surface area (Å²) in [5, 5.41) is 6.75. The molecule has 0 atom stereocenters. The Bertz CT molecular complexity index is 454. The first-order valence-corrected chi connectivity index (χ1v) is 4.88. The number of rotatable bonds is 4. The molecule has 0 fully saturated rings. The van der Waals surface area contributed by atoms with Crippen molar-refractivity contribution >= 4 is 0 Å². The predicted molar refractivity (Wildman–Crippen MR) is 55.1 cm³/mol. The van der Waals surface area contributed by atoms with Gasteiger partial charge in [-0.1, -0.05) is 5.16 Å². The first-order valence-electron chi connectivity index (χ1n) is 4.88. The van der Waals surface area contributed by atoms with Crippen LogP contribution in [-0.2, 0) is 6.42 Å². The lowest BCUT2D eigenvalue weighted by Crippen LogP contribution is -2.10. The highest BCUT2D eigenvalue weighted by Gasteiger charge is 2.09. The zero-order valence-corrected chi connectivity index (χ0v) is 8.77. The topological polar surface area (TPSA) is 63.8 Å². The van der Waals surface area contributed by atoms with Gasteiger partial charge >= 0.3 is 0 Å². The summed E-state index contributed by atoms with van der Waals surface area (Å²) in [4.78, 5) is 8.01. The van der Waals surface area contributed by atoms with Crippen LogP contribution in [0.5, 0.6) is 0 Å². The Hall–Kier alpha value is -1.82. The Kier molecular flexibility index (Phi) is 3.21. The van der Waals surface area contributed by atoms with Crippen LogP contribution in [0.2, 0.25) is 0 Å². The van der Waals surface area contributed by atoms with Crippen molar-refractivity contribution in [1.29, 1.82) is 0 Å². The third kappa shape index (κ3) is 2.40. The summed E-state index contributed by atoms with van der Waals surface area (Å²) in [5.74, 6) is 0.532. The molecule has 0 radical (unpaired) electrons. The van der Waals surface area contributed by atoms with Crippen molar-refractivity contribution in [2.24, 2.45) is 0 Å². The van der Waals surface area contributed by atoms with E-state index in [0.29, 0.717) is 23.8 Å². The number of likely N-dealkylation sites (N-methyl/N-ethyl adjacent to an activating group) is 1. The molecule has 2 aromatic rings. The lowest BCUT2D eigenvalue weighted by Gasteiger charge is -1.92. The molecule has 0 bridgehead atoms. The van der Waals surface area contributed by atoms with E-state index in [0.717, 1.165) is 12.7 Å². The number of halogens is 1. The first kappa shape index (κ1) is 10.7. The van der Waals surface area contributed by atoms with Gasteiger partial charge in [-0.25, -0.2) is 9.37 Å². The average Bonchev–Trinajstić information content (AvgIpc) is 2.76. The molecule has 5 nitrogen and oxygen atoms in total. The normalized spacial score (nSPS) is 10.6. The van der Waals surface area contributed by atoms with E-state index in [1.807, 2.05) is 7.05 Å². The van der Waals surface area contributed by atoms with Gasteiger partial charge in [0.1, 0.15) is 11.5 Å². The molecule has 2 rings (SSSR count). The number of hydrogen-bond donors (Lipinski definition) is 1. The van der Waals surface area contributed by atoms with E-state index in [-0.39, 0.29) is 5.82 Å². The van der Waals surface area contributed by atoms with Crippen LogP contribution in [0.4, 0.5) is 4.39 Å². The fourth-order valence-corrected chi connectivity index (χ4v) is 1.20. The molecule has 0 amide bonds. The van der Waals surface area contributed by atoms with Crippen LogP contribution < -0.4 is 5.32 Å². The van der Waals surface area contributed by atoms with Gasteiger partial charge in [-0.05, 0) is 19.2 Å². The van der Waals surface area contributed by atoms with E-state index in [1.54, 1.807) is 0 Å². The van der Waals surface area contributed by atoms with Crippen LogP contribution in [0.1, 0.15) is 5.89 Å². The second-order valence-electron chi connectivity index (χ2n) is 3.23. The summed E-state index contributed by atoms with van der Waals surface area (Å²) in [7, 11) is 1.85. The number of nitrogens with one attached hydrogen (secondary N) is 1. The fraction of sp³-hybridized carbons (Fsp3) is 0.300. The quantitative estimate of drug-likeness (QED) is 0.837. The molecule has 0 spiro atoms. The molecule has 0 aliphatic heterocycles. The fourth-order valence-electron chi connectivity index (χ4n) is 1.20. The number of nitrogens with zero attached hydrogens (tertiary/aromatic N) is 3. The third-order valence-corrected chi connectivity index (χ3v) is 2.01. The van der Waals surface area contributed by atoms with E-state index in [4.69, 9.17) is 4.52 Å². The smallest absolute Gasteiger partial charge is 0.228 e. The number of hydrogen-bond acceptors (Lipinski definition) is 5. The van der Waals surface area contributed by atoms with Crippen LogP contribution in [0.15, 0.2) is 22.9 Å². The van der Waals surface area contributed by atoms with Crippen molar-refractivity contribution in [1.82, 2.24) is 20.4 Å². The summed E-state index contributed by atoms with van der Waals surface area (Å²) in [6.07, 6.45) is 1.78. The van der Waals surface area contributed by atoms with Crippen LogP contribution in [0.3, 0.4) is 0 Å². The van der Waals surface area contributed by atoms with Crippen LogP contribution in [-0.4, -0.2) is 28.7 Å². The van der Waals surface area contributed by atoms with Crippen molar-refractivity contribution < 1.29 is 8.91 Å². The van der Waals surface area contributed by atoms with Gasteiger partial charge in [0.2, 0.25) is 11.7 Å². The minimum atomic E-state index is -0.386. The van der Waals surface area contributed by atoms with Gasteiger partial charge in [0.05, 0.1) is 6.20 Å². The third-order valence-electron chi connectivity index (χ3n) is 2.01. The highest BCUT2D eigenvalue weighted by molar-refractivity contribution is 5.47. The average molecular weight is 222 g/mol. The molecule has 0 unspecified atom stereocenters. The molecule has 0 aromatic carbocycles. The Morgan fingerprint density at radius 2 is 2.31 bits per heavy atom. The monoisotopic (exact) mass is 222 g/mol. The maximum Gasteiger partial charge on any atom is 0.228 e. The molecular formula is C10H11FN4O. The van der Waals surface area contributed by atoms with E-state index in [9.17, 15) is 4.39 Å². The molecule has 6 heteroatoms. The molecule has 16 heavy (non-hydrogen) atoms. The highest BCUT2D eigenvalue weighted by atomic mass is 19.1. The van der Waals surface area contributed by atoms with Crippen LogP contribution >= 0.6 is 0 Å². The summed E-state index contributed by atoms with van der Waals surface area (Å²) in [6, 6.07) is 2.83. The molecule has 2 heterocycles. The van der Waals surface area contributed by atoms with Gasteiger partial charge < -0.3 is 9.84 Å². The van der Waals surface area contributed by atoms with Gasteiger partial charge in [-0.15, -0.1) is 0 Å². The minimum absolute atomic E-state index is 0.381. The Morgan fingerprint density at radius 3 is 3.00 bits per heavy atom. The van der Waals surface area contributed by atoms with Crippen molar-refractivity contribution in [3.8, 4) is 11.5 Å². The largest absolute Gasteiger partial charge is 0.339 e. The maximum absolute atomic E-state index is 12.6. The SMILES string of the molecule is CNCCc1nc(-c2ccc(F)cn2)no1. The lowest BCUT2D eigenvalue weighted by atomic mass is 10.3. The number of pyridine rings is 1. The molecule has 0 saturated carbocycles. The number of aromatic nitrogens is 3. The molecule has 2 aromatic heterocycles. The standard InChI is InChI=1S/C10H11FN4O/c1-12-5-4-9-14-10(15-16-9)8-3-2-7(11)6-13-8/h2-3,6,12H,4-5H2,1H3. The first-order chi connectivity index (χ1) is 7.79. The summed E-state index contributed by atoms with van der Waals surface area (Å²) >= 11 is 0. The van der Waals surface area contributed by atoms with E-state index in [1.165, 1.54) is 12.1 Å². The van der Waals surface area contributed by atoms with E-state index < -0.39 is 0 Å². The van der Waals surface area contributed by atoms with Crippen LogP contribution in [0.25, 0.3) is 11.5 Å². The molecular weight excluding hydrogens is 211 g/mol. The van der Waals surface area contributed by atoms with Crippen molar-refractivity contribution in [3.05, 3.63) is 30.0 Å². The van der Waals surface area contributed by atoms with Gasteiger partial charge in [-0.3, -0.25) is 0 Å². The molecule has 0 aliphatic rings. The zero-order valence-electron chi connectivity index (χ0n) is 8.77. The van der Waals surface area contributed by atoms with Gasteiger partial charge in [0, 0.05) is 13.0 Å². The minimum Gasteiger partial charge on any atom is -0.339 e. The second-order valence-corrected chi connectivity index (χ2v) is 3.23. The summed E-state index contributed by atoms with van der Waals surface area (Å²) < 4.78 is 17.7. The van der Waals surface area contributed by atoms with E-state index in [2.05, 4.69) is 20.4 Å². The van der Waals surface area contributed by atoms with Gasteiger partial charge in [-0.2, -0.15) is 4.98 Å². The predicted octanol–water partition coefficient (Wildman–Crippen LogP) is 1.03. The molecule has 1 N–H and O–H groups in total. The Labute approximate surface area is 91.7 Å². The maximum atomic E-state index is 12.6. The zero-order chi connectivity index (χ0) is 11.4. The van der Waals surface area contributed by atoms with Gasteiger partial charge in [0.15, 0.2) is 0 Å². The van der Waals surface area contributed by atoms with E-state index >= 15 is 0 Å². The summed E-state index contributed by atoms with van der Waals surface area (Å²) in [6.45, 7) is 0.762. The van der Waals surface area contributed by atoms with Crippen molar-refractivity contribution in [3.63, 3.8) is 0 Å². The molecule has 84 valence electrons. The summed E-state index contributed by atoms with van der Waals surface area (Å²) in [5.41, 5.74) is 0.501. The Balaban J connectivity index is 2.15. The van der Waals surface area contributed by atoms with Crippen molar-refractivity contribution in [2.45, 2.75) is 6.42 Å². The molecule has 0 aliphatic carbocycles. The van der Waals surface area contributed by atoms with Crippen molar-refractivity contribution in [2.75, 3.05) is 13.6 Å². The van der Waals surface area contributed by atoms with Crippen LogP contribution in [0, 0.1) is 5.82 Å². The Morgan fingerprint density at radius 1 is 1.44 bits per heavy atom. The van der Waals surface area contributed by atoms with Gasteiger partial charge in [0.25, 0.3) is 0 Å². The lowest BCUT2D eigenvalue weighted by molar-refractivity contribution is 0.377. The highest BCUT2D eigenvalue weighted by Crippen LogP contribution is 2.12.